The summed E-state index contributed by atoms with van der Waals surface area (Å²) in [5.74, 6) is 3.07. The molecule has 0 bridgehead atoms. The van der Waals surface area contributed by atoms with Gasteiger partial charge in [-0.3, -0.25) is 4.79 Å². The monoisotopic (exact) mass is 389 g/mol. The van der Waals surface area contributed by atoms with E-state index in [2.05, 4.69) is 22.0 Å². The number of aromatic nitrogens is 2. The van der Waals surface area contributed by atoms with Crippen LogP contribution in [-0.4, -0.2) is 47.3 Å². The van der Waals surface area contributed by atoms with Gasteiger partial charge in [-0.25, -0.2) is 0 Å². The molecule has 0 atom stereocenters. The Morgan fingerprint density at radius 2 is 1.82 bits per heavy atom. The summed E-state index contributed by atoms with van der Waals surface area (Å²) in [5, 5.41) is 4.20. The highest BCUT2D eigenvalue weighted by atomic mass is 16.5. The Kier molecular flexibility index (Phi) is 6.34. The molecule has 0 spiro atoms. The van der Waals surface area contributed by atoms with Gasteiger partial charge in [0.2, 0.25) is 11.8 Å². The van der Waals surface area contributed by atoms with E-state index in [4.69, 9.17) is 9.26 Å². The standard InChI is InChI=1S/C22H35N3O3/c1-22(11-3-2-4-12-22)21(26)25-13-7-17(8-14-25)5-6-19-23-20(28-24-19)18-9-15-27-16-10-18/h17-18H,2-16H2,1H3. The van der Waals surface area contributed by atoms with Crippen LogP contribution in [0.4, 0.5) is 0 Å². The fraction of sp³-hybridized carbons (Fsp3) is 0.864. The van der Waals surface area contributed by atoms with Crippen LogP contribution in [0.15, 0.2) is 4.52 Å². The van der Waals surface area contributed by atoms with Crippen molar-refractivity contribution in [2.24, 2.45) is 11.3 Å². The number of nitrogens with zero attached hydrogens (tertiary/aromatic N) is 3. The van der Waals surface area contributed by atoms with Gasteiger partial charge in [-0.1, -0.05) is 31.3 Å². The minimum absolute atomic E-state index is 0.101. The van der Waals surface area contributed by atoms with Crippen LogP contribution in [0.1, 0.15) is 88.8 Å². The van der Waals surface area contributed by atoms with Crippen molar-refractivity contribution in [3.8, 4) is 0 Å². The molecule has 6 nitrogen and oxygen atoms in total. The van der Waals surface area contributed by atoms with Gasteiger partial charge in [-0.05, 0) is 50.9 Å². The van der Waals surface area contributed by atoms with E-state index in [9.17, 15) is 4.79 Å². The molecule has 1 aliphatic carbocycles. The number of piperidine rings is 1. The first-order chi connectivity index (χ1) is 13.6. The van der Waals surface area contributed by atoms with E-state index in [0.717, 1.165) is 89.4 Å². The Balaban J connectivity index is 1.21. The number of carbonyl (C=O) groups is 1. The van der Waals surface area contributed by atoms with E-state index < -0.39 is 0 Å². The highest BCUT2D eigenvalue weighted by Gasteiger charge is 2.38. The molecule has 0 unspecified atom stereocenters. The molecule has 3 fully saturated rings. The van der Waals surface area contributed by atoms with Crippen molar-refractivity contribution in [1.29, 1.82) is 0 Å². The molecule has 0 aromatic carbocycles. The third-order valence-electron chi connectivity index (χ3n) is 7.21. The molecule has 2 saturated heterocycles. The number of aryl methyl sites for hydroxylation is 1. The lowest BCUT2D eigenvalue weighted by molar-refractivity contribution is -0.144. The van der Waals surface area contributed by atoms with Crippen LogP contribution in [0.5, 0.6) is 0 Å². The van der Waals surface area contributed by atoms with Gasteiger partial charge in [0.05, 0.1) is 0 Å². The summed E-state index contributed by atoms with van der Waals surface area (Å²) < 4.78 is 10.9. The Labute approximate surface area is 168 Å². The fourth-order valence-electron chi connectivity index (χ4n) is 5.17. The normalized spacial score (nSPS) is 24.4. The molecule has 3 heterocycles. The van der Waals surface area contributed by atoms with Crippen LogP contribution in [0.25, 0.3) is 0 Å². The van der Waals surface area contributed by atoms with E-state index in [1.54, 1.807) is 0 Å². The second kappa shape index (κ2) is 8.93. The first-order valence-corrected chi connectivity index (χ1v) is 11.3. The zero-order valence-electron chi connectivity index (χ0n) is 17.3. The van der Waals surface area contributed by atoms with Crippen molar-refractivity contribution in [3.05, 3.63) is 11.7 Å². The summed E-state index contributed by atoms with van der Waals surface area (Å²) >= 11 is 0. The van der Waals surface area contributed by atoms with Gasteiger partial charge in [0, 0.05) is 44.1 Å². The molecule has 3 aliphatic rings. The molecule has 156 valence electrons. The third kappa shape index (κ3) is 4.58. The third-order valence-corrected chi connectivity index (χ3v) is 7.21. The van der Waals surface area contributed by atoms with Gasteiger partial charge in [-0.15, -0.1) is 0 Å². The van der Waals surface area contributed by atoms with Crippen molar-refractivity contribution in [2.75, 3.05) is 26.3 Å². The summed E-state index contributed by atoms with van der Waals surface area (Å²) in [4.78, 5) is 19.8. The first kappa shape index (κ1) is 19.9. The van der Waals surface area contributed by atoms with E-state index in [0.29, 0.717) is 17.7 Å². The predicted molar refractivity (Wildman–Crippen MR) is 106 cm³/mol. The maximum Gasteiger partial charge on any atom is 0.229 e. The molecule has 2 aliphatic heterocycles. The molecule has 1 amide bonds. The maximum atomic E-state index is 13.0. The van der Waals surface area contributed by atoms with Crippen molar-refractivity contribution in [3.63, 3.8) is 0 Å². The van der Waals surface area contributed by atoms with Crippen molar-refractivity contribution >= 4 is 5.91 Å². The van der Waals surface area contributed by atoms with Crippen molar-refractivity contribution in [2.45, 2.75) is 83.5 Å². The zero-order chi connectivity index (χ0) is 19.4. The van der Waals surface area contributed by atoms with Crippen LogP contribution in [0.2, 0.25) is 0 Å². The number of hydrogen-bond donors (Lipinski definition) is 0. The summed E-state index contributed by atoms with van der Waals surface area (Å²) in [7, 11) is 0. The lowest BCUT2D eigenvalue weighted by atomic mass is 9.74. The largest absolute Gasteiger partial charge is 0.381 e. The van der Waals surface area contributed by atoms with Crippen molar-refractivity contribution in [1.82, 2.24) is 15.0 Å². The molecule has 0 N–H and O–H groups in total. The smallest absolute Gasteiger partial charge is 0.229 e. The SMILES string of the molecule is CC1(C(=O)N2CCC(CCc3noc(C4CCOCC4)n3)CC2)CCCCC1. The minimum atomic E-state index is -0.101. The molecule has 1 aromatic heterocycles. The second-order valence-corrected chi connectivity index (χ2v) is 9.33. The Morgan fingerprint density at radius 3 is 2.54 bits per heavy atom. The van der Waals surface area contributed by atoms with E-state index in [1.165, 1.54) is 19.3 Å². The summed E-state index contributed by atoms with van der Waals surface area (Å²) in [6.45, 7) is 5.60. The van der Waals surface area contributed by atoms with Gasteiger partial charge >= 0.3 is 0 Å². The number of likely N-dealkylation sites (tertiary alicyclic amines) is 1. The summed E-state index contributed by atoms with van der Waals surface area (Å²) in [6, 6.07) is 0. The molecular formula is C22H35N3O3. The summed E-state index contributed by atoms with van der Waals surface area (Å²) in [5.41, 5.74) is -0.101. The van der Waals surface area contributed by atoms with Crippen LogP contribution in [-0.2, 0) is 16.0 Å². The van der Waals surface area contributed by atoms with E-state index in [-0.39, 0.29) is 5.41 Å². The van der Waals surface area contributed by atoms with Crippen LogP contribution < -0.4 is 0 Å². The molecular weight excluding hydrogens is 354 g/mol. The molecule has 0 radical (unpaired) electrons. The lowest BCUT2D eigenvalue weighted by Gasteiger charge is -2.40. The predicted octanol–water partition coefficient (Wildman–Crippen LogP) is 4.11. The average molecular weight is 390 g/mol. The van der Waals surface area contributed by atoms with E-state index in [1.807, 2.05) is 0 Å². The number of hydrogen-bond acceptors (Lipinski definition) is 5. The Bertz CT molecular complexity index is 639. The van der Waals surface area contributed by atoms with Gasteiger partial charge < -0.3 is 14.2 Å². The molecule has 28 heavy (non-hydrogen) atoms. The lowest BCUT2D eigenvalue weighted by Crippen LogP contribution is -2.47. The molecule has 1 saturated carbocycles. The number of amides is 1. The zero-order valence-corrected chi connectivity index (χ0v) is 17.3. The summed E-state index contributed by atoms with van der Waals surface area (Å²) in [6.07, 6.45) is 12.0. The van der Waals surface area contributed by atoms with Gasteiger partial charge in [-0.2, -0.15) is 4.98 Å². The molecule has 4 rings (SSSR count). The maximum absolute atomic E-state index is 13.0. The Hall–Kier alpha value is -1.43. The fourth-order valence-corrected chi connectivity index (χ4v) is 5.17. The van der Waals surface area contributed by atoms with Gasteiger partial charge in [0.25, 0.3) is 0 Å². The van der Waals surface area contributed by atoms with Crippen LogP contribution in [0, 0.1) is 11.3 Å². The second-order valence-electron chi connectivity index (χ2n) is 9.33. The van der Waals surface area contributed by atoms with Crippen LogP contribution in [0.3, 0.4) is 0 Å². The highest BCUT2D eigenvalue weighted by molar-refractivity contribution is 5.82. The number of rotatable bonds is 5. The Morgan fingerprint density at radius 1 is 1.11 bits per heavy atom. The number of carbonyl (C=O) groups excluding carboxylic acids is 1. The van der Waals surface area contributed by atoms with Gasteiger partial charge in [0.1, 0.15) is 0 Å². The first-order valence-electron chi connectivity index (χ1n) is 11.3. The van der Waals surface area contributed by atoms with Gasteiger partial charge in [0.15, 0.2) is 5.82 Å². The molecule has 1 aromatic rings. The van der Waals surface area contributed by atoms with Crippen LogP contribution >= 0.6 is 0 Å². The minimum Gasteiger partial charge on any atom is -0.381 e. The topological polar surface area (TPSA) is 68.5 Å². The molecule has 6 heteroatoms. The average Bonchev–Trinajstić information content (AvgIpc) is 3.22. The van der Waals surface area contributed by atoms with E-state index >= 15 is 0 Å². The number of ether oxygens (including phenoxy) is 1. The van der Waals surface area contributed by atoms with Crippen molar-refractivity contribution < 1.29 is 14.1 Å². The highest BCUT2D eigenvalue weighted by Crippen LogP contribution is 2.38. The quantitative estimate of drug-likeness (QED) is 0.758.